The summed E-state index contributed by atoms with van der Waals surface area (Å²) in [6, 6.07) is 6.27. The van der Waals surface area contributed by atoms with Gasteiger partial charge in [-0.3, -0.25) is 4.79 Å². The third-order valence-corrected chi connectivity index (χ3v) is 3.17. The molecule has 1 N–H and O–H groups in total. The molecular formula is C12H8Cl3N3O. The minimum absolute atomic E-state index is 0.179. The van der Waals surface area contributed by atoms with Crippen molar-refractivity contribution < 1.29 is 4.79 Å². The van der Waals surface area contributed by atoms with Gasteiger partial charge < -0.3 is 5.32 Å². The smallest absolute Gasteiger partial charge is 0.275 e. The zero-order chi connectivity index (χ0) is 14.0. The summed E-state index contributed by atoms with van der Waals surface area (Å²) >= 11 is 17.5. The van der Waals surface area contributed by atoms with Gasteiger partial charge in [0.25, 0.3) is 5.91 Å². The molecule has 0 atom stereocenters. The summed E-state index contributed by atoms with van der Waals surface area (Å²) in [5.41, 5.74) is 0.749. The van der Waals surface area contributed by atoms with Gasteiger partial charge in [-0.15, -0.1) is 0 Å². The van der Waals surface area contributed by atoms with Crippen LogP contribution in [-0.4, -0.2) is 15.9 Å². The number of rotatable bonds is 2. The number of aryl methyl sites for hydroxylation is 1. The topological polar surface area (TPSA) is 54.9 Å². The fourth-order valence-electron chi connectivity index (χ4n) is 1.35. The molecule has 4 nitrogen and oxygen atoms in total. The second kappa shape index (κ2) is 5.74. The van der Waals surface area contributed by atoms with Gasteiger partial charge in [0, 0.05) is 0 Å². The fraction of sp³-hybridized carbons (Fsp3) is 0.0833. The Morgan fingerprint density at radius 3 is 2.58 bits per heavy atom. The monoisotopic (exact) mass is 315 g/mol. The van der Waals surface area contributed by atoms with E-state index in [0.29, 0.717) is 10.7 Å². The van der Waals surface area contributed by atoms with Crippen molar-refractivity contribution in [3.63, 3.8) is 0 Å². The molecule has 2 rings (SSSR count). The molecule has 0 aromatic carbocycles. The molecule has 7 heteroatoms. The van der Waals surface area contributed by atoms with Crippen LogP contribution in [0.3, 0.4) is 0 Å². The molecule has 0 bridgehead atoms. The van der Waals surface area contributed by atoms with Crippen molar-refractivity contribution in [2.75, 3.05) is 5.32 Å². The summed E-state index contributed by atoms with van der Waals surface area (Å²) in [5.74, 6) is -0.214. The van der Waals surface area contributed by atoms with Gasteiger partial charge in [-0.05, 0) is 25.1 Å². The zero-order valence-corrected chi connectivity index (χ0v) is 12.0. The molecule has 2 aromatic rings. The number of carbonyl (C=O) groups is 1. The number of hydrogen-bond acceptors (Lipinski definition) is 3. The zero-order valence-electron chi connectivity index (χ0n) is 9.75. The van der Waals surface area contributed by atoms with Crippen LogP contribution in [0.5, 0.6) is 0 Å². The first-order valence-electron chi connectivity index (χ1n) is 5.24. The van der Waals surface area contributed by atoms with Crippen molar-refractivity contribution in [2.24, 2.45) is 0 Å². The maximum Gasteiger partial charge on any atom is 0.275 e. The summed E-state index contributed by atoms with van der Waals surface area (Å²) in [7, 11) is 0. The minimum Gasteiger partial charge on any atom is -0.304 e. The summed E-state index contributed by atoms with van der Waals surface area (Å²) in [5, 5.41) is 3.48. The number of nitrogens with one attached hydrogen (secondary N) is 1. The summed E-state index contributed by atoms with van der Waals surface area (Å²) in [4.78, 5) is 19.9. The van der Waals surface area contributed by atoms with Crippen LogP contribution >= 0.6 is 34.8 Å². The Bertz CT molecular complexity index is 646. The Morgan fingerprint density at radius 2 is 1.89 bits per heavy atom. The minimum atomic E-state index is -0.446. The molecule has 0 fully saturated rings. The predicted octanol–water partition coefficient (Wildman–Crippen LogP) is 4.00. The van der Waals surface area contributed by atoms with Gasteiger partial charge >= 0.3 is 0 Å². The Kier molecular flexibility index (Phi) is 4.24. The molecule has 0 spiro atoms. The molecule has 0 aliphatic carbocycles. The average Bonchev–Trinajstić information content (AvgIpc) is 2.36. The van der Waals surface area contributed by atoms with Gasteiger partial charge in [-0.2, -0.15) is 0 Å². The highest BCUT2D eigenvalue weighted by Crippen LogP contribution is 2.25. The molecule has 98 valence electrons. The van der Waals surface area contributed by atoms with E-state index in [9.17, 15) is 4.79 Å². The third kappa shape index (κ3) is 3.35. The van der Waals surface area contributed by atoms with Gasteiger partial charge in [-0.25, -0.2) is 9.97 Å². The third-order valence-electron chi connectivity index (χ3n) is 2.28. The van der Waals surface area contributed by atoms with Crippen LogP contribution in [0.2, 0.25) is 15.2 Å². The maximum atomic E-state index is 12.0. The number of amides is 1. The Morgan fingerprint density at radius 1 is 1.16 bits per heavy atom. The van der Waals surface area contributed by atoms with E-state index in [2.05, 4.69) is 15.3 Å². The molecular weight excluding hydrogens is 309 g/mol. The number of hydrogen-bond donors (Lipinski definition) is 1. The first-order valence-corrected chi connectivity index (χ1v) is 6.37. The van der Waals surface area contributed by atoms with Crippen LogP contribution in [0.25, 0.3) is 0 Å². The molecule has 0 radical (unpaired) electrons. The van der Waals surface area contributed by atoms with Crippen LogP contribution in [0.15, 0.2) is 24.3 Å². The second-order valence-corrected chi connectivity index (χ2v) is 4.89. The van der Waals surface area contributed by atoms with Crippen LogP contribution in [0.4, 0.5) is 5.82 Å². The van der Waals surface area contributed by atoms with E-state index >= 15 is 0 Å². The first-order chi connectivity index (χ1) is 8.97. The highest BCUT2D eigenvalue weighted by Gasteiger charge is 2.12. The first kappa shape index (κ1) is 14.1. The molecule has 0 aliphatic rings. The van der Waals surface area contributed by atoms with E-state index in [1.807, 2.05) is 0 Å². The standard InChI is InChI=1S/C12H8Cl3N3O/c1-6-7(13)5-8(14)11(16-6)18-12(19)9-3-2-4-10(15)17-9/h2-5H,1H3,(H,16,18,19). The number of anilines is 1. The van der Waals surface area contributed by atoms with Gasteiger partial charge in [-0.1, -0.05) is 40.9 Å². The summed E-state index contributed by atoms with van der Waals surface area (Å²) < 4.78 is 0. The van der Waals surface area contributed by atoms with E-state index < -0.39 is 5.91 Å². The lowest BCUT2D eigenvalue weighted by atomic mass is 10.3. The molecule has 0 saturated heterocycles. The SMILES string of the molecule is Cc1nc(NC(=O)c2cccc(Cl)n2)c(Cl)cc1Cl. The molecule has 2 heterocycles. The van der Waals surface area contributed by atoms with Crippen molar-refractivity contribution in [3.05, 3.63) is 50.9 Å². The van der Waals surface area contributed by atoms with Crippen molar-refractivity contribution in [1.82, 2.24) is 9.97 Å². The van der Waals surface area contributed by atoms with E-state index in [4.69, 9.17) is 34.8 Å². The van der Waals surface area contributed by atoms with Gasteiger partial charge in [0.2, 0.25) is 0 Å². The van der Waals surface area contributed by atoms with E-state index in [-0.39, 0.29) is 21.7 Å². The largest absolute Gasteiger partial charge is 0.304 e. The van der Waals surface area contributed by atoms with Gasteiger partial charge in [0.1, 0.15) is 10.8 Å². The number of pyridine rings is 2. The number of halogens is 3. The molecule has 19 heavy (non-hydrogen) atoms. The number of carbonyl (C=O) groups excluding carboxylic acids is 1. The van der Waals surface area contributed by atoms with E-state index in [1.165, 1.54) is 12.1 Å². The van der Waals surface area contributed by atoms with E-state index in [1.54, 1.807) is 19.1 Å². The van der Waals surface area contributed by atoms with Crippen molar-refractivity contribution in [1.29, 1.82) is 0 Å². The van der Waals surface area contributed by atoms with Gasteiger partial charge in [0.15, 0.2) is 5.82 Å². The molecule has 0 saturated carbocycles. The van der Waals surface area contributed by atoms with E-state index in [0.717, 1.165) is 0 Å². The van der Waals surface area contributed by atoms with Gasteiger partial charge in [0.05, 0.1) is 15.7 Å². The lowest BCUT2D eigenvalue weighted by molar-refractivity contribution is 0.102. The average molecular weight is 317 g/mol. The molecule has 2 aromatic heterocycles. The highest BCUT2D eigenvalue weighted by molar-refractivity contribution is 6.36. The second-order valence-electron chi connectivity index (χ2n) is 3.69. The molecule has 1 amide bonds. The molecule has 0 unspecified atom stereocenters. The van der Waals surface area contributed by atoms with Crippen LogP contribution in [-0.2, 0) is 0 Å². The molecule has 0 aliphatic heterocycles. The number of nitrogens with zero attached hydrogens (tertiary/aromatic N) is 2. The fourth-order valence-corrected chi connectivity index (χ4v) is 1.92. The Balaban J connectivity index is 2.27. The van der Waals surface area contributed by atoms with Crippen molar-refractivity contribution in [2.45, 2.75) is 6.92 Å². The summed E-state index contributed by atoms with van der Waals surface area (Å²) in [6.45, 7) is 1.71. The summed E-state index contributed by atoms with van der Waals surface area (Å²) in [6.07, 6.45) is 0. The predicted molar refractivity (Wildman–Crippen MR) is 76.2 cm³/mol. The quantitative estimate of drug-likeness (QED) is 0.852. The van der Waals surface area contributed by atoms with Crippen LogP contribution < -0.4 is 5.32 Å². The normalized spacial score (nSPS) is 10.3. The number of aromatic nitrogens is 2. The van der Waals surface area contributed by atoms with Crippen molar-refractivity contribution in [3.8, 4) is 0 Å². The van der Waals surface area contributed by atoms with Crippen LogP contribution in [0.1, 0.15) is 16.2 Å². The van der Waals surface area contributed by atoms with Crippen molar-refractivity contribution >= 4 is 46.5 Å². The lowest BCUT2D eigenvalue weighted by Crippen LogP contribution is -2.15. The Labute approximate surface area is 124 Å². The lowest BCUT2D eigenvalue weighted by Gasteiger charge is -2.08. The maximum absolute atomic E-state index is 12.0. The highest BCUT2D eigenvalue weighted by atomic mass is 35.5. The van der Waals surface area contributed by atoms with Crippen LogP contribution in [0, 0.1) is 6.92 Å². The Hall–Kier alpha value is -1.36.